The second-order valence-corrected chi connectivity index (χ2v) is 4.50. The molecule has 0 aliphatic heterocycles. The molecule has 2 amide bonds. The highest BCUT2D eigenvalue weighted by Crippen LogP contribution is 2.37. The first-order valence-electron chi connectivity index (χ1n) is 5.86. The Morgan fingerprint density at radius 1 is 1.39 bits per heavy atom. The summed E-state index contributed by atoms with van der Waals surface area (Å²) >= 11 is 0. The summed E-state index contributed by atoms with van der Waals surface area (Å²) in [6.07, 6.45) is 0.875. The van der Waals surface area contributed by atoms with Crippen LogP contribution in [0.3, 0.4) is 0 Å². The maximum atomic E-state index is 11.4. The number of carbonyl (C=O) groups is 3. The van der Waals surface area contributed by atoms with Crippen LogP contribution in [0.4, 0.5) is 0 Å². The molecular weight excluding hydrogens is 240 g/mol. The molecule has 4 N–H and O–H groups in total. The smallest absolute Gasteiger partial charge is 0.328 e. The van der Waals surface area contributed by atoms with E-state index in [0.29, 0.717) is 5.92 Å². The molecule has 0 aromatic carbocycles. The molecular formula is C11H18N2O5. The van der Waals surface area contributed by atoms with E-state index in [9.17, 15) is 14.4 Å². The number of carboxylic acids is 1. The fourth-order valence-corrected chi connectivity index (χ4v) is 1.57. The third-order valence-electron chi connectivity index (χ3n) is 2.91. The number of carboxylic acid groups (broad SMARTS) is 1. The van der Waals surface area contributed by atoms with Crippen LogP contribution >= 0.6 is 0 Å². The highest BCUT2D eigenvalue weighted by atomic mass is 16.4. The van der Waals surface area contributed by atoms with Crippen LogP contribution in [-0.2, 0) is 14.4 Å². The van der Waals surface area contributed by atoms with E-state index in [1.165, 1.54) is 0 Å². The fraction of sp³-hybridized carbons (Fsp3) is 0.727. The summed E-state index contributed by atoms with van der Waals surface area (Å²) < 4.78 is 0. The van der Waals surface area contributed by atoms with Crippen molar-refractivity contribution in [2.45, 2.75) is 25.8 Å². The van der Waals surface area contributed by atoms with Gasteiger partial charge in [0.05, 0.1) is 6.61 Å². The molecule has 0 radical (unpaired) electrons. The van der Waals surface area contributed by atoms with E-state index in [1.54, 1.807) is 0 Å². The van der Waals surface area contributed by atoms with Crippen molar-refractivity contribution in [2.75, 3.05) is 13.2 Å². The zero-order valence-electron chi connectivity index (χ0n) is 10.2. The highest BCUT2D eigenvalue weighted by molar-refractivity contribution is 5.85. The van der Waals surface area contributed by atoms with E-state index in [2.05, 4.69) is 10.6 Å². The number of amides is 2. The molecule has 1 saturated carbocycles. The minimum Gasteiger partial charge on any atom is -0.480 e. The molecule has 102 valence electrons. The second kappa shape index (κ2) is 6.34. The molecule has 1 rings (SSSR count). The SMILES string of the molecule is CC1CC1C(=O)NCCC(=O)NC(CO)C(=O)O. The first kappa shape index (κ1) is 14.4. The number of rotatable bonds is 7. The van der Waals surface area contributed by atoms with Gasteiger partial charge in [0.15, 0.2) is 0 Å². The van der Waals surface area contributed by atoms with Crippen molar-refractivity contribution in [1.82, 2.24) is 10.6 Å². The summed E-state index contributed by atoms with van der Waals surface area (Å²) in [6.45, 7) is 1.49. The lowest BCUT2D eigenvalue weighted by Crippen LogP contribution is -2.44. The number of aliphatic hydroxyl groups is 1. The van der Waals surface area contributed by atoms with Gasteiger partial charge in [0.2, 0.25) is 11.8 Å². The molecule has 0 bridgehead atoms. The molecule has 7 nitrogen and oxygen atoms in total. The van der Waals surface area contributed by atoms with E-state index < -0.39 is 24.5 Å². The predicted octanol–water partition coefficient (Wildman–Crippen LogP) is -1.29. The summed E-state index contributed by atoms with van der Waals surface area (Å²) in [5, 5.41) is 22.1. The van der Waals surface area contributed by atoms with Gasteiger partial charge in [-0.3, -0.25) is 9.59 Å². The van der Waals surface area contributed by atoms with Crippen molar-refractivity contribution in [3.8, 4) is 0 Å². The molecule has 7 heteroatoms. The maximum absolute atomic E-state index is 11.4. The molecule has 18 heavy (non-hydrogen) atoms. The normalized spacial score (nSPS) is 23.0. The third-order valence-corrected chi connectivity index (χ3v) is 2.91. The van der Waals surface area contributed by atoms with Gasteiger partial charge in [0.1, 0.15) is 6.04 Å². The van der Waals surface area contributed by atoms with Gasteiger partial charge >= 0.3 is 5.97 Å². The van der Waals surface area contributed by atoms with Crippen molar-refractivity contribution >= 4 is 17.8 Å². The Labute approximate surface area is 105 Å². The average Bonchev–Trinajstić information content (AvgIpc) is 3.02. The van der Waals surface area contributed by atoms with E-state index in [-0.39, 0.29) is 24.8 Å². The molecule has 0 heterocycles. The summed E-state index contributed by atoms with van der Waals surface area (Å²) in [4.78, 5) is 33.3. The van der Waals surface area contributed by atoms with Crippen molar-refractivity contribution in [1.29, 1.82) is 0 Å². The van der Waals surface area contributed by atoms with Gasteiger partial charge in [-0.2, -0.15) is 0 Å². The Hall–Kier alpha value is -1.63. The van der Waals surface area contributed by atoms with Crippen molar-refractivity contribution in [3.63, 3.8) is 0 Å². The summed E-state index contributed by atoms with van der Waals surface area (Å²) in [7, 11) is 0. The van der Waals surface area contributed by atoms with Crippen LogP contribution in [0.15, 0.2) is 0 Å². The number of hydrogen-bond acceptors (Lipinski definition) is 4. The second-order valence-electron chi connectivity index (χ2n) is 4.50. The van der Waals surface area contributed by atoms with Crippen LogP contribution in [0.1, 0.15) is 19.8 Å². The van der Waals surface area contributed by atoms with Gasteiger partial charge in [-0.15, -0.1) is 0 Å². The maximum Gasteiger partial charge on any atom is 0.328 e. The van der Waals surface area contributed by atoms with Crippen LogP contribution in [0, 0.1) is 11.8 Å². The lowest BCUT2D eigenvalue weighted by atomic mass is 10.3. The van der Waals surface area contributed by atoms with E-state index >= 15 is 0 Å². The molecule has 3 unspecified atom stereocenters. The van der Waals surface area contributed by atoms with Gasteiger partial charge < -0.3 is 20.8 Å². The number of aliphatic carboxylic acids is 1. The zero-order chi connectivity index (χ0) is 13.7. The van der Waals surface area contributed by atoms with Crippen molar-refractivity contribution in [2.24, 2.45) is 11.8 Å². The molecule has 0 aromatic rings. The quantitative estimate of drug-likeness (QED) is 0.453. The summed E-state index contributed by atoms with van der Waals surface area (Å²) in [6, 6.07) is -1.29. The molecule has 0 aromatic heterocycles. The predicted molar refractivity (Wildman–Crippen MR) is 61.6 cm³/mol. The summed E-state index contributed by atoms with van der Waals surface area (Å²) in [5.74, 6) is -1.41. The molecule has 1 fully saturated rings. The van der Waals surface area contributed by atoms with E-state index in [1.807, 2.05) is 6.92 Å². The van der Waals surface area contributed by atoms with Gasteiger partial charge in [0, 0.05) is 18.9 Å². The minimum atomic E-state index is -1.29. The molecule has 1 aliphatic carbocycles. The van der Waals surface area contributed by atoms with Crippen LogP contribution in [0.5, 0.6) is 0 Å². The van der Waals surface area contributed by atoms with Gasteiger partial charge in [0.25, 0.3) is 0 Å². The largest absolute Gasteiger partial charge is 0.480 e. The van der Waals surface area contributed by atoms with Crippen LogP contribution in [-0.4, -0.2) is 47.2 Å². The van der Waals surface area contributed by atoms with E-state index in [4.69, 9.17) is 10.2 Å². The van der Waals surface area contributed by atoms with Crippen LogP contribution < -0.4 is 10.6 Å². The monoisotopic (exact) mass is 258 g/mol. The number of carbonyl (C=O) groups excluding carboxylic acids is 2. The fourth-order valence-electron chi connectivity index (χ4n) is 1.57. The Kier molecular flexibility index (Phi) is 5.08. The number of nitrogens with one attached hydrogen (secondary N) is 2. The lowest BCUT2D eigenvalue weighted by molar-refractivity contribution is -0.143. The Balaban J connectivity index is 2.16. The van der Waals surface area contributed by atoms with Crippen LogP contribution in [0.25, 0.3) is 0 Å². The number of aliphatic hydroxyl groups excluding tert-OH is 1. The molecule has 1 aliphatic rings. The minimum absolute atomic E-state index is 0.00335. The standard InChI is InChI=1S/C11H18N2O5/c1-6-4-7(6)10(16)12-3-2-9(15)13-8(5-14)11(17)18/h6-8,14H,2-5H2,1H3,(H,12,16)(H,13,15)(H,17,18). The zero-order valence-corrected chi connectivity index (χ0v) is 10.2. The summed E-state index contributed by atoms with van der Waals surface area (Å²) in [5.41, 5.74) is 0. The molecule has 0 saturated heterocycles. The lowest BCUT2D eigenvalue weighted by Gasteiger charge is -2.11. The first-order valence-corrected chi connectivity index (χ1v) is 5.86. The molecule has 0 spiro atoms. The Morgan fingerprint density at radius 2 is 2.00 bits per heavy atom. The van der Waals surface area contributed by atoms with Gasteiger partial charge in [-0.1, -0.05) is 6.92 Å². The average molecular weight is 258 g/mol. The van der Waals surface area contributed by atoms with Gasteiger partial charge in [-0.25, -0.2) is 4.79 Å². The topological polar surface area (TPSA) is 116 Å². The Morgan fingerprint density at radius 3 is 2.44 bits per heavy atom. The van der Waals surface area contributed by atoms with Crippen molar-refractivity contribution in [3.05, 3.63) is 0 Å². The van der Waals surface area contributed by atoms with Crippen molar-refractivity contribution < 1.29 is 24.6 Å². The number of hydrogen-bond donors (Lipinski definition) is 4. The first-order chi connectivity index (χ1) is 8.45. The Bertz CT molecular complexity index is 344. The highest BCUT2D eigenvalue weighted by Gasteiger charge is 2.38. The van der Waals surface area contributed by atoms with Gasteiger partial charge in [-0.05, 0) is 12.3 Å². The van der Waals surface area contributed by atoms with E-state index in [0.717, 1.165) is 6.42 Å². The molecule has 3 atom stereocenters. The van der Waals surface area contributed by atoms with Crippen LogP contribution in [0.2, 0.25) is 0 Å². The third kappa shape index (κ3) is 4.33.